The number of anilines is 1. The van der Waals surface area contributed by atoms with Gasteiger partial charge in [-0.05, 0) is 25.1 Å². The Labute approximate surface area is 101 Å². The number of thioether (sulfide) groups is 1. The summed E-state index contributed by atoms with van der Waals surface area (Å²) >= 11 is 1.16. The maximum absolute atomic E-state index is 12.5. The van der Waals surface area contributed by atoms with Crippen LogP contribution in [0.25, 0.3) is 0 Å². The molecule has 1 atom stereocenters. The van der Waals surface area contributed by atoms with Gasteiger partial charge in [0, 0.05) is 11.9 Å². The van der Waals surface area contributed by atoms with Gasteiger partial charge in [0.05, 0.1) is 16.5 Å². The molecule has 0 aliphatic carbocycles. The van der Waals surface area contributed by atoms with Gasteiger partial charge in [-0.15, -0.1) is 11.8 Å². The maximum atomic E-state index is 12.5. The van der Waals surface area contributed by atoms with Crippen LogP contribution in [-0.4, -0.2) is 18.2 Å². The number of hydrogen-bond acceptors (Lipinski definition) is 2. The van der Waals surface area contributed by atoms with Gasteiger partial charge >= 0.3 is 6.18 Å². The Hall–Kier alpha value is -1.17. The summed E-state index contributed by atoms with van der Waals surface area (Å²) in [5.41, 5.74) is -0.148. The third-order valence-electron chi connectivity index (χ3n) is 2.63. The van der Waals surface area contributed by atoms with Crippen LogP contribution in [0.5, 0.6) is 0 Å². The number of alkyl halides is 3. The third-order valence-corrected chi connectivity index (χ3v) is 3.77. The zero-order valence-corrected chi connectivity index (χ0v) is 10.0. The zero-order valence-electron chi connectivity index (χ0n) is 9.21. The predicted octanol–water partition coefficient (Wildman–Crippen LogP) is 3.16. The molecule has 0 bridgehead atoms. The van der Waals surface area contributed by atoms with Gasteiger partial charge in [-0.25, -0.2) is 0 Å². The van der Waals surface area contributed by atoms with Crippen molar-refractivity contribution in [1.82, 2.24) is 0 Å². The number of amides is 1. The van der Waals surface area contributed by atoms with Gasteiger partial charge in [0.1, 0.15) is 0 Å². The number of carbonyl (C=O) groups is 1. The second-order valence-corrected chi connectivity index (χ2v) is 5.22. The van der Waals surface area contributed by atoms with Gasteiger partial charge in [0.2, 0.25) is 5.91 Å². The molecule has 17 heavy (non-hydrogen) atoms. The monoisotopic (exact) mass is 261 g/mol. The van der Waals surface area contributed by atoms with E-state index in [1.54, 1.807) is 14.0 Å². The van der Waals surface area contributed by atoms with Crippen LogP contribution < -0.4 is 4.90 Å². The number of nitrogens with zero attached hydrogens (tertiary/aromatic N) is 1. The quantitative estimate of drug-likeness (QED) is 0.715. The molecule has 0 N–H and O–H groups in total. The normalized spacial score (nSPS) is 20.4. The number of carbonyl (C=O) groups excluding carboxylic acids is 1. The average Bonchev–Trinajstić information content (AvgIpc) is 2.24. The smallest absolute Gasteiger partial charge is 0.313 e. The highest BCUT2D eigenvalue weighted by Crippen LogP contribution is 2.41. The van der Waals surface area contributed by atoms with Gasteiger partial charge in [-0.2, -0.15) is 13.2 Å². The summed E-state index contributed by atoms with van der Waals surface area (Å²) in [6.45, 7) is 1.69. The van der Waals surface area contributed by atoms with E-state index in [0.717, 1.165) is 23.9 Å². The first-order valence-corrected chi connectivity index (χ1v) is 5.84. The van der Waals surface area contributed by atoms with E-state index in [0.29, 0.717) is 10.6 Å². The molecular formula is C11H10F3NOS. The lowest BCUT2D eigenvalue weighted by atomic mass is 10.2. The minimum absolute atomic E-state index is 0.0951. The third kappa shape index (κ3) is 2.13. The molecule has 1 unspecified atom stereocenters. The molecule has 1 aliphatic rings. The molecule has 92 valence electrons. The minimum atomic E-state index is -4.35. The van der Waals surface area contributed by atoms with Crippen LogP contribution >= 0.6 is 11.8 Å². The van der Waals surface area contributed by atoms with Crippen LogP contribution in [0, 0.1) is 0 Å². The van der Waals surface area contributed by atoms with Crippen LogP contribution in [0.4, 0.5) is 18.9 Å². The van der Waals surface area contributed by atoms with Crippen molar-refractivity contribution in [2.45, 2.75) is 23.2 Å². The first-order chi connectivity index (χ1) is 7.80. The van der Waals surface area contributed by atoms with Crippen molar-refractivity contribution < 1.29 is 18.0 Å². The topological polar surface area (TPSA) is 20.3 Å². The summed E-state index contributed by atoms with van der Waals surface area (Å²) in [4.78, 5) is 13.5. The molecule has 6 heteroatoms. The first kappa shape index (κ1) is 12.3. The molecule has 2 nitrogen and oxygen atoms in total. The fraction of sp³-hybridized carbons (Fsp3) is 0.364. The Bertz CT molecular complexity index is 472. The Morgan fingerprint density at radius 1 is 1.35 bits per heavy atom. The molecule has 0 radical (unpaired) electrons. The van der Waals surface area contributed by atoms with Crippen LogP contribution in [0.15, 0.2) is 23.1 Å². The van der Waals surface area contributed by atoms with E-state index in [4.69, 9.17) is 0 Å². The summed E-state index contributed by atoms with van der Waals surface area (Å²) in [5, 5.41) is -0.351. The molecular weight excluding hydrogens is 251 g/mol. The first-order valence-electron chi connectivity index (χ1n) is 4.96. The van der Waals surface area contributed by atoms with Crippen molar-refractivity contribution in [3.8, 4) is 0 Å². The lowest BCUT2D eigenvalue weighted by Gasteiger charge is -2.29. The zero-order chi connectivity index (χ0) is 12.8. The maximum Gasteiger partial charge on any atom is 0.416 e. The van der Waals surface area contributed by atoms with Crippen LogP contribution in [0.1, 0.15) is 12.5 Å². The minimum Gasteiger partial charge on any atom is -0.313 e. The molecule has 0 saturated carbocycles. The van der Waals surface area contributed by atoms with Crippen molar-refractivity contribution >= 4 is 23.4 Å². The van der Waals surface area contributed by atoms with Crippen molar-refractivity contribution in [3.63, 3.8) is 0 Å². The van der Waals surface area contributed by atoms with E-state index in [9.17, 15) is 18.0 Å². The van der Waals surface area contributed by atoms with Crippen molar-refractivity contribution in [2.75, 3.05) is 11.9 Å². The lowest BCUT2D eigenvalue weighted by Crippen LogP contribution is -2.36. The standard InChI is InChI=1S/C11H10F3NOS/c1-6-10(16)15(2)8-4-3-7(11(12,13)14)5-9(8)17-6/h3-6H,1-2H3. The van der Waals surface area contributed by atoms with Crippen LogP contribution in [0.3, 0.4) is 0 Å². The van der Waals surface area contributed by atoms with Crippen molar-refractivity contribution in [3.05, 3.63) is 23.8 Å². The highest BCUT2D eigenvalue weighted by Gasteiger charge is 2.34. The van der Waals surface area contributed by atoms with Gasteiger partial charge in [-0.1, -0.05) is 0 Å². The van der Waals surface area contributed by atoms with Crippen molar-refractivity contribution in [2.24, 2.45) is 0 Å². The Balaban J connectivity index is 2.48. The molecule has 1 aromatic rings. The Morgan fingerprint density at radius 3 is 2.59 bits per heavy atom. The Kier molecular flexibility index (Phi) is 2.85. The van der Waals surface area contributed by atoms with Gasteiger partial charge in [0.15, 0.2) is 0 Å². The number of benzene rings is 1. The van der Waals surface area contributed by atoms with E-state index in [-0.39, 0.29) is 11.2 Å². The summed E-state index contributed by atoms with van der Waals surface area (Å²) in [6.07, 6.45) is -4.35. The lowest BCUT2D eigenvalue weighted by molar-refractivity contribution is -0.137. The molecule has 1 aromatic carbocycles. The van der Waals surface area contributed by atoms with E-state index >= 15 is 0 Å². The SMILES string of the molecule is CC1Sc2cc(C(F)(F)F)ccc2N(C)C1=O. The second-order valence-electron chi connectivity index (χ2n) is 3.84. The fourth-order valence-corrected chi connectivity index (χ4v) is 2.85. The number of rotatable bonds is 0. The van der Waals surface area contributed by atoms with E-state index < -0.39 is 11.7 Å². The molecule has 0 fully saturated rings. The van der Waals surface area contributed by atoms with E-state index in [2.05, 4.69) is 0 Å². The summed E-state index contributed by atoms with van der Waals surface area (Å²) in [5.74, 6) is -0.0951. The second kappa shape index (κ2) is 3.94. The molecule has 1 amide bonds. The van der Waals surface area contributed by atoms with Crippen molar-refractivity contribution in [1.29, 1.82) is 0 Å². The molecule has 1 aliphatic heterocycles. The fourth-order valence-electron chi connectivity index (χ4n) is 1.69. The highest BCUT2D eigenvalue weighted by atomic mass is 32.2. The number of fused-ring (bicyclic) bond motifs is 1. The largest absolute Gasteiger partial charge is 0.416 e. The summed E-state index contributed by atoms with van der Waals surface area (Å²) < 4.78 is 37.6. The average molecular weight is 261 g/mol. The van der Waals surface area contributed by atoms with Gasteiger partial charge in [-0.3, -0.25) is 4.79 Å². The molecule has 0 spiro atoms. The summed E-state index contributed by atoms with van der Waals surface area (Å²) in [6, 6.07) is 3.44. The molecule has 1 heterocycles. The summed E-state index contributed by atoms with van der Waals surface area (Å²) in [7, 11) is 1.57. The van der Waals surface area contributed by atoms with Crippen LogP contribution in [-0.2, 0) is 11.0 Å². The van der Waals surface area contributed by atoms with Gasteiger partial charge < -0.3 is 4.90 Å². The molecule has 0 saturated heterocycles. The number of halogens is 3. The van der Waals surface area contributed by atoms with E-state index in [1.165, 1.54) is 11.0 Å². The van der Waals surface area contributed by atoms with Crippen LogP contribution in [0.2, 0.25) is 0 Å². The van der Waals surface area contributed by atoms with Gasteiger partial charge in [0.25, 0.3) is 0 Å². The molecule has 2 rings (SSSR count). The molecule has 0 aromatic heterocycles. The predicted molar refractivity (Wildman–Crippen MR) is 60.2 cm³/mol. The number of hydrogen-bond donors (Lipinski definition) is 0. The Morgan fingerprint density at radius 2 is 2.00 bits per heavy atom. The van der Waals surface area contributed by atoms with E-state index in [1.807, 2.05) is 0 Å². The highest BCUT2D eigenvalue weighted by molar-refractivity contribution is 8.00.